The smallest absolute Gasteiger partial charge is 0.122 e. The monoisotopic (exact) mass is 299 g/mol. The largest absolute Gasteiger partial charge is 0.497 e. The Hall–Kier alpha value is -0.740. The molecule has 1 aliphatic rings. The molecule has 0 aromatic heterocycles. The van der Waals surface area contributed by atoms with Crippen molar-refractivity contribution in [3.63, 3.8) is 0 Å². The van der Waals surface area contributed by atoms with Gasteiger partial charge in [-0.25, -0.2) is 0 Å². The number of methoxy groups -OCH3 is 1. The van der Waals surface area contributed by atoms with Crippen LogP contribution in [0.3, 0.4) is 0 Å². The zero-order valence-electron chi connectivity index (χ0n) is 10.0. The molecule has 2 rings (SSSR count). The van der Waals surface area contributed by atoms with Crippen LogP contribution in [0.1, 0.15) is 12.8 Å². The Labute approximate surface area is 111 Å². The highest BCUT2D eigenvalue weighted by Crippen LogP contribution is 2.25. The van der Waals surface area contributed by atoms with Gasteiger partial charge in [0.2, 0.25) is 0 Å². The first kappa shape index (κ1) is 12.7. The lowest BCUT2D eigenvalue weighted by Crippen LogP contribution is -2.22. The summed E-state index contributed by atoms with van der Waals surface area (Å²) in [5, 5.41) is 3.46. The van der Waals surface area contributed by atoms with E-state index in [2.05, 4.69) is 27.3 Å². The molecule has 1 saturated heterocycles. The van der Waals surface area contributed by atoms with Crippen molar-refractivity contribution in [2.45, 2.75) is 12.8 Å². The molecule has 3 nitrogen and oxygen atoms in total. The van der Waals surface area contributed by atoms with E-state index >= 15 is 0 Å². The highest BCUT2D eigenvalue weighted by atomic mass is 79.9. The maximum Gasteiger partial charge on any atom is 0.122 e. The average molecular weight is 300 g/mol. The molecule has 1 heterocycles. The predicted octanol–water partition coefficient (Wildman–Crippen LogP) is 3.30. The normalized spacial score (nSPS) is 16.8. The Bertz CT molecular complexity index is 364. The Morgan fingerprint density at radius 2 is 2.12 bits per heavy atom. The molecule has 0 atom stereocenters. The van der Waals surface area contributed by atoms with Crippen molar-refractivity contribution in [3.8, 4) is 5.75 Å². The van der Waals surface area contributed by atoms with Crippen molar-refractivity contribution in [1.82, 2.24) is 0 Å². The van der Waals surface area contributed by atoms with Crippen LogP contribution in [0.2, 0.25) is 0 Å². The van der Waals surface area contributed by atoms with Gasteiger partial charge in [-0.05, 0) is 30.9 Å². The van der Waals surface area contributed by atoms with E-state index in [9.17, 15) is 0 Å². The number of ether oxygens (including phenoxy) is 2. The topological polar surface area (TPSA) is 30.5 Å². The van der Waals surface area contributed by atoms with Gasteiger partial charge < -0.3 is 14.8 Å². The number of rotatable bonds is 4. The van der Waals surface area contributed by atoms with Crippen molar-refractivity contribution < 1.29 is 9.47 Å². The minimum atomic E-state index is 0.716. The lowest BCUT2D eigenvalue weighted by atomic mass is 10.0. The second kappa shape index (κ2) is 6.26. The van der Waals surface area contributed by atoms with Crippen LogP contribution in [-0.4, -0.2) is 26.9 Å². The molecule has 1 fully saturated rings. The first-order chi connectivity index (χ1) is 8.28. The fourth-order valence-electron chi connectivity index (χ4n) is 2.00. The minimum Gasteiger partial charge on any atom is -0.497 e. The van der Waals surface area contributed by atoms with Gasteiger partial charge in [-0.3, -0.25) is 0 Å². The van der Waals surface area contributed by atoms with Crippen LogP contribution < -0.4 is 10.1 Å². The molecule has 0 saturated carbocycles. The summed E-state index contributed by atoms with van der Waals surface area (Å²) in [5.41, 5.74) is 1.10. The molecule has 1 aliphatic heterocycles. The third-order valence-electron chi connectivity index (χ3n) is 3.04. The number of hydrogen-bond acceptors (Lipinski definition) is 3. The van der Waals surface area contributed by atoms with Crippen molar-refractivity contribution >= 4 is 21.6 Å². The molecular weight excluding hydrogens is 282 g/mol. The van der Waals surface area contributed by atoms with E-state index < -0.39 is 0 Å². The lowest BCUT2D eigenvalue weighted by molar-refractivity contribution is 0.0699. The molecule has 17 heavy (non-hydrogen) atoms. The fourth-order valence-corrected chi connectivity index (χ4v) is 2.47. The summed E-state index contributed by atoms with van der Waals surface area (Å²) < 4.78 is 11.6. The Morgan fingerprint density at radius 1 is 1.35 bits per heavy atom. The van der Waals surface area contributed by atoms with Crippen molar-refractivity contribution in [3.05, 3.63) is 22.7 Å². The van der Waals surface area contributed by atoms with Crippen molar-refractivity contribution in [2.75, 3.05) is 32.2 Å². The van der Waals surface area contributed by atoms with Crippen LogP contribution in [0.15, 0.2) is 22.7 Å². The van der Waals surface area contributed by atoms with E-state index in [0.29, 0.717) is 5.92 Å². The summed E-state index contributed by atoms with van der Waals surface area (Å²) in [7, 11) is 1.68. The SMILES string of the molecule is COc1cc(Br)cc(NCC2CCOCC2)c1. The van der Waals surface area contributed by atoms with E-state index in [0.717, 1.165) is 48.5 Å². The Kier molecular flexibility index (Phi) is 4.68. The molecular formula is C13H18BrNO2. The Balaban J connectivity index is 1.91. The zero-order valence-corrected chi connectivity index (χ0v) is 11.6. The fraction of sp³-hybridized carbons (Fsp3) is 0.538. The molecule has 1 aromatic carbocycles. The number of halogens is 1. The second-order valence-electron chi connectivity index (χ2n) is 4.32. The van der Waals surface area contributed by atoms with E-state index in [1.807, 2.05) is 12.1 Å². The first-order valence-electron chi connectivity index (χ1n) is 5.94. The number of hydrogen-bond donors (Lipinski definition) is 1. The molecule has 0 unspecified atom stereocenters. The maximum absolute atomic E-state index is 5.35. The predicted molar refractivity (Wildman–Crippen MR) is 72.7 cm³/mol. The molecule has 1 aromatic rings. The summed E-state index contributed by atoms with van der Waals surface area (Å²) in [4.78, 5) is 0. The van der Waals surface area contributed by atoms with Crippen LogP contribution in [0, 0.1) is 5.92 Å². The maximum atomic E-state index is 5.35. The number of anilines is 1. The summed E-state index contributed by atoms with van der Waals surface area (Å²) in [6, 6.07) is 6.05. The summed E-state index contributed by atoms with van der Waals surface area (Å²) in [6.07, 6.45) is 2.30. The van der Waals surface area contributed by atoms with E-state index in [1.165, 1.54) is 0 Å². The van der Waals surface area contributed by atoms with Crippen LogP contribution in [0.25, 0.3) is 0 Å². The van der Waals surface area contributed by atoms with Gasteiger partial charge in [0.25, 0.3) is 0 Å². The van der Waals surface area contributed by atoms with Gasteiger partial charge in [0.05, 0.1) is 7.11 Å². The van der Waals surface area contributed by atoms with E-state index in [-0.39, 0.29) is 0 Å². The molecule has 4 heteroatoms. The van der Waals surface area contributed by atoms with Crippen LogP contribution >= 0.6 is 15.9 Å². The summed E-state index contributed by atoms with van der Waals surface area (Å²) >= 11 is 3.48. The van der Waals surface area contributed by atoms with Crippen LogP contribution in [-0.2, 0) is 4.74 Å². The van der Waals surface area contributed by atoms with Gasteiger partial charge >= 0.3 is 0 Å². The third-order valence-corrected chi connectivity index (χ3v) is 3.50. The molecule has 1 N–H and O–H groups in total. The van der Waals surface area contributed by atoms with Crippen molar-refractivity contribution in [2.24, 2.45) is 5.92 Å². The highest BCUT2D eigenvalue weighted by Gasteiger charge is 2.13. The Morgan fingerprint density at radius 3 is 2.82 bits per heavy atom. The first-order valence-corrected chi connectivity index (χ1v) is 6.73. The van der Waals surface area contributed by atoms with Gasteiger partial charge in [-0.2, -0.15) is 0 Å². The van der Waals surface area contributed by atoms with Gasteiger partial charge in [0.15, 0.2) is 0 Å². The van der Waals surface area contributed by atoms with Gasteiger partial charge in [0.1, 0.15) is 5.75 Å². The van der Waals surface area contributed by atoms with Crippen LogP contribution in [0.4, 0.5) is 5.69 Å². The summed E-state index contributed by atoms with van der Waals surface area (Å²) in [5.74, 6) is 1.59. The van der Waals surface area contributed by atoms with Crippen LogP contribution in [0.5, 0.6) is 5.75 Å². The van der Waals surface area contributed by atoms with E-state index in [1.54, 1.807) is 7.11 Å². The molecule has 0 amide bonds. The van der Waals surface area contributed by atoms with Crippen molar-refractivity contribution in [1.29, 1.82) is 0 Å². The molecule has 0 bridgehead atoms. The zero-order chi connectivity index (χ0) is 12.1. The number of benzene rings is 1. The standard InChI is InChI=1S/C13H18BrNO2/c1-16-13-7-11(14)6-12(8-13)15-9-10-2-4-17-5-3-10/h6-8,10,15H,2-5,9H2,1H3. The second-order valence-corrected chi connectivity index (χ2v) is 5.23. The molecule has 0 spiro atoms. The number of nitrogens with one attached hydrogen (secondary N) is 1. The third kappa shape index (κ3) is 3.89. The highest BCUT2D eigenvalue weighted by molar-refractivity contribution is 9.10. The van der Waals surface area contributed by atoms with E-state index in [4.69, 9.17) is 9.47 Å². The van der Waals surface area contributed by atoms with Gasteiger partial charge in [0, 0.05) is 36.0 Å². The average Bonchev–Trinajstić information content (AvgIpc) is 2.37. The van der Waals surface area contributed by atoms with Gasteiger partial charge in [-0.15, -0.1) is 0 Å². The van der Waals surface area contributed by atoms with Gasteiger partial charge in [-0.1, -0.05) is 15.9 Å². The lowest BCUT2D eigenvalue weighted by Gasteiger charge is -2.22. The minimum absolute atomic E-state index is 0.716. The quantitative estimate of drug-likeness (QED) is 0.925. The molecule has 0 aliphatic carbocycles. The molecule has 94 valence electrons. The molecule has 0 radical (unpaired) electrons. The summed E-state index contributed by atoms with van der Waals surface area (Å²) in [6.45, 7) is 2.80.